The third-order valence-electron chi connectivity index (χ3n) is 1.47. The fraction of sp³-hybridized carbons (Fsp3) is 0. The van der Waals surface area contributed by atoms with Crippen LogP contribution in [-0.4, -0.2) is 15.9 Å². The summed E-state index contributed by atoms with van der Waals surface area (Å²) in [5.74, 6) is -0.521. The molecule has 2 aromatic heterocycles. The fourth-order valence-corrected chi connectivity index (χ4v) is 0.892. The maximum absolute atomic E-state index is 10.7. The Morgan fingerprint density at radius 1 is 1.50 bits per heavy atom. The second-order valence-electron chi connectivity index (χ2n) is 2.26. The molecule has 1 amide bonds. The van der Waals surface area contributed by atoms with Crippen LogP contribution in [0.2, 0.25) is 0 Å². The van der Waals surface area contributed by atoms with Gasteiger partial charge in [0, 0.05) is 6.20 Å². The highest BCUT2D eigenvalue weighted by Gasteiger charge is 2.04. The zero-order valence-electron chi connectivity index (χ0n) is 6.02. The van der Waals surface area contributed by atoms with E-state index < -0.39 is 5.91 Å². The maximum atomic E-state index is 10.7. The Bertz CT molecular complexity index is 435. The Labute approximate surface area is 67.2 Å². The van der Waals surface area contributed by atoms with E-state index in [9.17, 15) is 4.79 Å². The summed E-state index contributed by atoms with van der Waals surface area (Å²) >= 11 is 0. The molecule has 0 atom stereocenters. The van der Waals surface area contributed by atoms with E-state index >= 15 is 0 Å². The second-order valence-corrected chi connectivity index (χ2v) is 2.26. The van der Waals surface area contributed by atoms with Crippen molar-refractivity contribution in [2.75, 3.05) is 0 Å². The van der Waals surface area contributed by atoms with Crippen molar-refractivity contribution in [1.82, 2.24) is 9.97 Å². The molecule has 12 heavy (non-hydrogen) atoms. The van der Waals surface area contributed by atoms with Gasteiger partial charge in [-0.2, -0.15) is 0 Å². The molecule has 0 aliphatic heterocycles. The number of rotatable bonds is 1. The zero-order chi connectivity index (χ0) is 8.55. The van der Waals surface area contributed by atoms with Gasteiger partial charge in [0.1, 0.15) is 5.52 Å². The first-order valence-electron chi connectivity index (χ1n) is 3.26. The van der Waals surface area contributed by atoms with Crippen LogP contribution < -0.4 is 5.73 Å². The monoisotopic (exact) mass is 163 g/mol. The van der Waals surface area contributed by atoms with E-state index in [4.69, 9.17) is 10.2 Å². The van der Waals surface area contributed by atoms with Crippen molar-refractivity contribution in [2.24, 2.45) is 5.73 Å². The first-order chi connectivity index (χ1) is 5.77. The first kappa shape index (κ1) is 6.78. The van der Waals surface area contributed by atoms with Gasteiger partial charge < -0.3 is 10.2 Å². The van der Waals surface area contributed by atoms with Crippen LogP contribution in [0.5, 0.6) is 0 Å². The number of amides is 1. The van der Waals surface area contributed by atoms with Crippen LogP contribution in [0.4, 0.5) is 0 Å². The number of oxazole rings is 1. The van der Waals surface area contributed by atoms with Crippen LogP contribution in [0.3, 0.4) is 0 Å². The van der Waals surface area contributed by atoms with E-state index in [1.54, 1.807) is 0 Å². The number of carbonyl (C=O) groups excluding carboxylic acids is 1. The molecule has 0 radical (unpaired) electrons. The molecule has 2 aromatic rings. The third-order valence-corrected chi connectivity index (χ3v) is 1.47. The van der Waals surface area contributed by atoms with E-state index in [0.29, 0.717) is 16.8 Å². The number of fused-ring (bicyclic) bond motifs is 1. The molecular weight excluding hydrogens is 158 g/mol. The zero-order valence-corrected chi connectivity index (χ0v) is 6.02. The predicted molar refractivity (Wildman–Crippen MR) is 40.3 cm³/mol. The third kappa shape index (κ3) is 0.914. The van der Waals surface area contributed by atoms with Gasteiger partial charge in [-0.15, -0.1) is 0 Å². The lowest BCUT2D eigenvalue weighted by atomic mass is 10.2. The molecule has 0 aliphatic rings. The normalized spacial score (nSPS) is 10.3. The largest absolute Gasteiger partial charge is 0.425 e. The highest BCUT2D eigenvalue weighted by Crippen LogP contribution is 2.09. The van der Waals surface area contributed by atoms with Gasteiger partial charge in [0.2, 0.25) is 11.6 Å². The lowest BCUT2D eigenvalue weighted by molar-refractivity contribution is 0.1000. The number of nitrogens with zero attached hydrogens (tertiary/aromatic N) is 2. The average molecular weight is 163 g/mol. The van der Waals surface area contributed by atoms with Crippen molar-refractivity contribution in [3.05, 3.63) is 24.2 Å². The van der Waals surface area contributed by atoms with Crippen LogP contribution >= 0.6 is 0 Å². The molecule has 0 saturated carbocycles. The van der Waals surface area contributed by atoms with Crippen molar-refractivity contribution in [1.29, 1.82) is 0 Å². The molecule has 0 bridgehead atoms. The Hall–Kier alpha value is -1.91. The molecule has 60 valence electrons. The standard InChI is InChI=1S/C7H5N3O2/c8-6(11)4-1-5-7(9-2-4)12-3-10-5/h1-3H,(H2,8,11). The van der Waals surface area contributed by atoms with Crippen molar-refractivity contribution < 1.29 is 9.21 Å². The van der Waals surface area contributed by atoms with Gasteiger partial charge >= 0.3 is 0 Å². The van der Waals surface area contributed by atoms with Gasteiger partial charge in [-0.25, -0.2) is 9.97 Å². The van der Waals surface area contributed by atoms with Crippen LogP contribution in [0.25, 0.3) is 11.2 Å². The Balaban J connectivity index is 2.68. The summed E-state index contributed by atoms with van der Waals surface area (Å²) in [7, 11) is 0. The van der Waals surface area contributed by atoms with E-state index in [1.807, 2.05) is 0 Å². The van der Waals surface area contributed by atoms with Crippen LogP contribution in [0.1, 0.15) is 10.4 Å². The van der Waals surface area contributed by atoms with E-state index in [-0.39, 0.29) is 0 Å². The number of hydrogen-bond donors (Lipinski definition) is 1. The molecule has 5 heteroatoms. The smallest absolute Gasteiger partial charge is 0.250 e. The highest BCUT2D eigenvalue weighted by atomic mass is 16.3. The van der Waals surface area contributed by atoms with E-state index in [2.05, 4.69) is 9.97 Å². The summed E-state index contributed by atoms with van der Waals surface area (Å²) in [6, 6.07) is 1.54. The van der Waals surface area contributed by atoms with Gasteiger partial charge in [0.25, 0.3) is 0 Å². The van der Waals surface area contributed by atoms with Crippen LogP contribution in [0, 0.1) is 0 Å². The minimum Gasteiger partial charge on any atom is -0.425 e. The minimum atomic E-state index is -0.521. The molecule has 0 unspecified atom stereocenters. The molecule has 5 nitrogen and oxygen atoms in total. The lowest BCUT2D eigenvalue weighted by Gasteiger charge is -1.91. The van der Waals surface area contributed by atoms with E-state index in [0.717, 1.165) is 0 Å². The van der Waals surface area contributed by atoms with Crippen molar-refractivity contribution in [3.8, 4) is 0 Å². The topological polar surface area (TPSA) is 82.0 Å². The molecule has 0 spiro atoms. The minimum absolute atomic E-state index is 0.330. The number of nitrogens with two attached hydrogens (primary N) is 1. The quantitative estimate of drug-likeness (QED) is 0.656. The SMILES string of the molecule is NC(=O)c1cnc2ocnc2c1. The molecular formula is C7H5N3O2. The van der Waals surface area contributed by atoms with E-state index in [1.165, 1.54) is 18.7 Å². The van der Waals surface area contributed by atoms with Crippen molar-refractivity contribution in [2.45, 2.75) is 0 Å². The van der Waals surface area contributed by atoms with Gasteiger partial charge in [-0.05, 0) is 6.07 Å². The Morgan fingerprint density at radius 3 is 3.08 bits per heavy atom. The molecule has 2 heterocycles. The van der Waals surface area contributed by atoms with Crippen molar-refractivity contribution in [3.63, 3.8) is 0 Å². The summed E-state index contributed by atoms with van der Waals surface area (Å²) in [5.41, 5.74) is 6.30. The molecule has 0 aromatic carbocycles. The van der Waals surface area contributed by atoms with Gasteiger partial charge in [-0.3, -0.25) is 4.79 Å². The fourth-order valence-electron chi connectivity index (χ4n) is 0.892. The predicted octanol–water partition coefficient (Wildman–Crippen LogP) is 0.322. The van der Waals surface area contributed by atoms with Gasteiger partial charge in [0.15, 0.2) is 6.39 Å². The molecule has 0 saturated heterocycles. The number of aromatic nitrogens is 2. The van der Waals surface area contributed by atoms with Gasteiger partial charge in [0.05, 0.1) is 5.56 Å². The Kier molecular flexibility index (Phi) is 1.30. The molecule has 2 rings (SSSR count). The van der Waals surface area contributed by atoms with Gasteiger partial charge in [-0.1, -0.05) is 0 Å². The number of carbonyl (C=O) groups is 1. The summed E-state index contributed by atoms with van der Waals surface area (Å²) in [4.78, 5) is 18.3. The van der Waals surface area contributed by atoms with Crippen LogP contribution in [0.15, 0.2) is 23.1 Å². The summed E-state index contributed by atoms with van der Waals surface area (Å²) in [6.07, 6.45) is 2.62. The second kappa shape index (κ2) is 2.30. The first-order valence-corrected chi connectivity index (χ1v) is 3.26. The summed E-state index contributed by atoms with van der Waals surface area (Å²) in [6.45, 7) is 0. The average Bonchev–Trinajstić information content (AvgIpc) is 2.49. The molecule has 2 N–H and O–H groups in total. The molecule has 0 fully saturated rings. The van der Waals surface area contributed by atoms with Crippen molar-refractivity contribution >= 4 is 17.1 Å². The maximum Gasteiger partial charge on any atom is 0.250 e. The number of pyridine rings is 1. The van der Waals surface area contributed by atoms with Crippen LogP contribution in [-0.2, 0) is 0 Å². The lowest BCUT2D eigenvalue weighted by Crippen LogP contribution is -2.10. The number of hydrogen-bond acceptors (Lipinski definition) is 4. The Morgan fingerprint density at radius 2 is 2.33 bits per heavy atom. The summed E-state index contributed by atoms with van der Waals surface area (Å²) < 4.78 is 4.88. The highest BCUT2D eigenvalue weighted by molar-refractivity contribution is 5.94. The number of primary amides is 1. The summed E-state index contributed by atoms with van der Waals surface area (Å²) in [5, 5.41) is 0. The molecule has 0 aliphatic carbocycles.